The van der Waals surface area contributed by atoms with Crippen molar-refractivity contribution in [1.82, 2.24) is 15.0 Å². The van der Waals surface area contributed by atoms with E-state index in [4.69, 9.17) is 16.3 Å². The molecule has 1 aromatic carbocycles. The van der Waals surface area contributed by atoms with Gasteiger partial charge in [0.1, 0.15) is 5.75 Å². The van der Waals surface area contributed by atoms with Crippen LogP contribution >= 0.6 is 11.6 Å². The molecule has 2 rings (SSSR count). The number of benzene rings is 1. The van der Waals surface area contributed by atoms with Crippen LogP contribution < -0.4 is 4.74 Å². The highest BCUT2D eigenvalue weighted by molar-refractivity contribution is 6.32. The van der Waals surface area contributed by atoms with E-state index >= 15 is 0 Å². The molecular formula is C14H16ClN3O2. The lowest BCUT2D eigenvalue weighted by Gasteiger charge is -2.09. The zero-order valence-corrected chi connectivity index (χ0v) is 12.4. The number of nitrogens with zero attached hydrogens (tertiary/aromatic N) is 3. The molecule has 0 bridgehead atoms. The summed E-state index contributed by atoms with van der Waals surface area (Å²) < 4.78 is 6.80. The van der Waals surface area contributed by atoms with Crippen LogP contribution in [0.4, 0.5) is 0 Å². The smallest absolute Gasteiger partial charge is 0.184 e. The largest absolute Gasteiger partial charge is 0.497 e. The Morgan fingerprint density at radius 3 is 2.75 bits per heavy atom. The Morgan fingerprint density at radius 2 is 2.15 bits per heavy atom. The molecule has 0 aliphatic carbocycles. The zero-order chi connectivity index (χ0) is 14.7. The fraction of sp³-hybridized carbons (Fsp3) is 0.357. The van der Waals surface area contributed by atoms with Crippen molar-refractivity contribution in [2.75, 3.05) is 7.11 Å². The minimum Gasteiger partial charge on any atom is -0.497 e. The molecule has 0 amide bonds. The number of carbonyl (C=O) groups is 1. The summed E-state index contributed by atoms with van der Waals surface area (Å²) in [4.78, 5) is 11.9. The normalized spacial score (nSPS) is 10.6. The minimum atomic E-state index is -0.0212. The van der Waals surface area contributed by atoms with Crippen LogP contribution in [0.2, 0.25) is 5.02 Å². The van der Waals surface area contributed by atoms with E-state index in [9.17, 15) is 4.79 Å². The molecule has 0 atom stereocenters. The van der Waals surface area contributed by atoms with Gasteiger partial charge in [-0.3, -0.25) is 4.79 Å². The van der Waals surface area contributed by atoms with E-state index in [0.717, 1.165) is 5.69 Å². The van der Waals surface area contributed by atoms with E-state index in [1.165, 1.54) is 0 Å². The van der Waals surface area contributed by atoms with E-state index < -0.39 is 0 Å². The Bertz CT molecular complexity index is 637. The lowest BCUT2D eigenvalue weighted by atomic mass is 10.1. The van der Waals surface area contributed by atoms with E-state index in [1.54, 1.807) is 36.9 Å². The second-order valence-electron chi connectivity index (χ2n) is 4.24. The van der Waals surface area contributed by atoms with Gasteiger partial charge in [-0.25, -0.2) is 4.68 Å². The minimum absolute atomic E-state index is 0.0212. The molecule has 0 aliphatic rings. The first-order valence-corrected chi connectivity index (χ1v) is 6.81. The van der Waals surface area contributed by atoms with Gasteiger partial charge in [-0.1, -0.05) is 30.7 Å². The predicted molar refractivity (Wildman–Crippen MR) is 76.9 cm³/mol. The number of hydrogen-bond donors (Lipinski definition) is 0. The summed E-state index contributed by atoms with van der Waals surface area (Å²) in [6.07, 6.45) is 1.04. The third-order valence-corrected chi connectivity index (χ3v) is 3.38. The Labute approximate surface area is 122 Å². The summed E-state index contributed by atoms with van der Waals surface area (Å²) in [6, 6.07) is 5.28. The standard InChI is InChI=1S/C14H16ClN3O2/c1-4-11-14(13(19)5-2)16-17-18(11)12-8-9(20-3)6-7-10(12)15/h6-8H,4-5H2,1-3H3. The van der Waals surface area contributed by atoms with Crippen LogP contribution in [0.25, 0.3) is 5.69 Å². The van der Waals surface area contributed by atoms with Crippen molar-refractivity contribution >= 4 is 17.4 Å². The van der Waals surface area contributed by atoms with Gasteiger partial charge in [0.15, 0.2) is 11.5 Å². The summed E-state index contributed by atoms with van der Waals surface area (Å²) in [5.74, 6) is 0.650. The SMILES string of the molecule is CCC(=O)c1nnn(-c2cc(OC)ccc2Cl)c1CC. The number of ether oxygens (including phenoxy) is 1. The maximum absolute atomic E-state index is 11.9. The van der Waals surface area contributed by atoms with Crippen molar-refractivity contribution in [2.24, 2.45) is 0 Å². The van der Waals surface area contributed by atoms with Gasteiger partial charge in [0, 0.05) is 12.5 Å². The molecule has 0 saturated heterocycles. The molecule has 2 aromatic rings. The Balaban J connectivity index is 2.58. The number of rotatable bonds is 5. The third-order valence-electron chi connectivity index (χ3n) is 3.06. The molecule has 1 aromatic heterocycles. The maximum Gasteiger partial charge on any atom is 0.184 e. The van der Waals surface area contributed by atoms with Crippen LogP contribution in [0, 0.1) is 0 Å². The summed E-state index contributed by atoms with van der Waals surface area (Å²) in [5, 5.41) is 8.59. The average molecular weight is 294 g/mol. The Hall–Kier alpha value is -1.88. The molecule has 5 nitrogen and oxygen atoms in total. The molecule has 0 fully saturated rings. The van der Waals surface area contributed by atoms with Crippen LogP contribution in [0.1, 0.15) is 36.5 Å². The van der Waals surface area contributed by atoms with Crippen LogP contribution in [0.3, 0.4) is 0 Å². The molecule has 0 spiro atoms. The van der Waals surface area contributed by atoms with Gasteiger partial charge in [-0.15, -0.1) is 5.10 Å². The molecule has 106 valence electrons. The molecule has 0 saturated carbocycles. The van der Waals surface area contributed by atoms with Gasteiger partial charge < -0.3 is 4.74 Å². The topological polar surface area (TPSA) is 57.0 Å². The highest BCUT2D eigenvalue weighted by Crippen LogP contribution is 2.27. The molecule has 1 heterocycles. The van der Waals surface area contributed by atoms with Crippen molar-refractivity contribution in [2.45, 2.75) is 26.7 Å². The molecular weight excluding hydrogens is 278 g/mol. The lowest BCUT2D eigenvalue weighted by Crippen LogP contribution is -2.06. The second-order valence-corrected chi connectivity index (χ2v) is 4.65. The summed E-state index contributed by atoms with van der Waals surface area (Å²) in [5.41, 5.74) is 1.83. The van der Waals surface area contributed by atoms with Crippen LogP contribution in [-0.2, 0) is 6.42 Å². The summed E-state index contributed by atoms with van der Waals surface area (Å²) in [6.45, 7) is 3.76. The van der Waals surface area contributed by atoms with Crippen molar-refractivity contribution in [3.8, 4) is 11.4 Å². The van der Waals surface area contributed by atoms with Crippen LogP contribution in [-0.4, -0.2) is 27.9 Å². The van der Waals surface area contributed by atoms with E-state index in [-0.39, 0.29) is 5.78 Å². The number of carbonyl (C=O) groups excluding carboxylic acids is 1. The number of halogens is 1. The van der Waals surface area contributed by atoms with Gasteiger partial charge >= 0.3 is 0 Å². The Kier molecular flexibility index (Phi) is 4.39. The number of Topliss-reactive ketones (excluding diaryl/α,β-unsaturated/α-hetero) is 1. The van der Waals surface area contributed by atoms with Gasteiger partial charge in [0.25, 0.3) is 0 Å². The molecule has 0 aliphatic heterocycles. The van der Waals surface area contributed by atoms with Gasteiger partial charge in [-0.2, -0.15) is 0 Å². The van der Waals surface area contributed by atoms with E-state index in [0.29, 0.717) is 35.0 Å². The molecule has 6 heteroatoms. The lowest BCUT2D eigenvalue weighted by molar-refractivity contribution is 0.0982. The second kappa shape index (κ2) is 6.05. The first kappa shape index (κ1) is 14.5. The Morgan fingerprint density at radius 1 is 1.40 bits per heavy atom. The van der Waals surface area contributed by atoms with E-state index in [2.05, 4.69) is 10.3 Å². The van der Waals surface area contributed by atoms with E-state index in [1.807, 2.05) is 6.92 Å². The van der Waals surface area contributed by atoms with Crippen molar-refractivity contribution in [1.29, 1.82) is 0 Å². The van der Waals surface area contributed by atoms with Crippen molar-refractivity contribution in [3.05, 3.63) is 34.6 Å². The fourth-order valence-electron chi connectivity index (χ4n) is 1.98. The number of ketones is 1. The highest BCUT2D eigenvalue weighted by Gasteiger charge is 2.19. The van der Waals surface area contributed by atoms with Crippen molar-refractivity contribution in [3.63, 3.8) is 0 Å². The molecule has 0 N–H and O–H groups in total. The number of hydrogen-bond acceptors (Lipinski definition) is 4. The molecule has 0 unspecified atom stereocenters. The average Bonchev–Trinajstić information content (AvgIpc) is 2.90. The van der Waals surface area contributed by atoms with Crippen molar-refractivity contribution < 1.29 is 9.53 Å². The van der Waals surface area contributed by atoms with Crippen LogP contribution in [0.5, 0.6) is 5.75 Å². The molecule has 20 heavy (non-hydrogen) atoms. The first-order valence-electron chi connectivity index (χ1n) is 6.44. The first-order chi connectivity index (χ1) is 9.62. The van der Waals surface area contributed by atoms with Gasteiger partial charge in [-0.05, 0) is 18.6 Å². The highest BCUT2D eigenvalue weighted by atomic mass is 35.5. The number of methoxy groups -OCH3 is 1. The summed E-state index contributed by atoms with van der Waals surface area (Å²) in [7, 11) is 1.58. The monoisotopic (exact) mass is 293 g/mol. The third kappa shape index (κ3) is 2.54. The van der Waals surface area contributed by atoms with Gasteiger partial charge in [0.2, 0.25) is 0 Å². The number of aromatic nitrogens is 3. The quantitative estimate of drug-likeness (QED) is 0.795. The molecule has 0 radical (unpaired) electrons. The zero-order valence-electron chi connectivity index (χ0n) is 11.7. The maximum atomic E-state index is 11.9. The predicted octanol–water partition coefficient (Wildman–Crippen LogP) is 3.08. The van der Waals surface area contributed by atoms with Crippen LogP contribution in [0.15, 0.2) is 18.2 Å². The fourth-order valence-corrected chi connectivity index (χ4v) is 2.18. The summed E-state index contributed by atoms with van der Waals surface area (Å²) >= 11 is 6.21. The van der Waals surface area contributed by atoms with Gasteiger partial charge in [0.05, 0.1) is 23.5 Å².